The molecule has 0 aliphatic carbocycles. The van der Waals surface area contributed by atoms with Gasteiger partial charge in [-0.1, -0.05) is 13.8 Å². The van der Waals surface area contributed by atoms with E-state index in [1.165, 1.54) is 0 Å². The second kappa shape index (κ2) is 3.93. The van der Waals surface area contributed by atoms with Crippen molar-refractivity contribution >= 4 is 11.7 Å². The number of aliphatic imine (C=N–C) groups is 1. The van der Waals surface area contributed by atoms with Gasteiger partial charge in [-0.3, -0.25) is 9.79 Å². The van der Waals surface area contributed by atoms with Gasteiger partial charge in [0.1, 0.15) is 17.0 Å². The van der Waals surface area contributed by atoms with E-state index in [9.17, 15) is 4.79 Å². The average Bonchev–Trinajstić information content (AvgIpc) is 2.46. The Morgan fingerprint density at radius 3 is 2.20 bits per heavy atom. The molecule has 15 heavy (non-hydrogen) atoms. The average molecular weight is 212 g/mol. The molecule has 0 fully saturated rings. The molecule has 1 aliphatic rings. The van der Waals surface area contributed by atoms with Crippen LogP contribution in [0.15, 0.2) is 4.99 Å². The molecule has 0 spiro atoms. The van der Waals surface area contributed by atoms with Crippen molar-refractivity contribution in [2.45, 2.75) is 51.7 Å². The van der Waals surface area contributed by atoms with E-state index >= 15 is 0 Å². The molecule has 0 saturated heterocycles. The Kier molecular flexibility index (Phi) is 3.19. The molecule has 0 atom stereocenters. The van der Waals surface area contributed by atoms with Crippen molar-refractivity contribution in [1.82, 2.24) is 5.32 Å². The number of hydrogen-bond acceptors (Lipinski definition) is 3. The van der Waals surface area contributed by atoms with Crippen molar-refractivity contribution in [2.75, 3.05) is 7.11 Å². The van der Waals surface area contributed by atoms with Crippen LogP contribution in [-0.2, 0) is 9.53 Å². The maximum atomic E-state index is 11.6. The first kappa shape index (κ1) is 12.2. The van der Waals surface area contributed by atoms with Crippen LogP contribution in [0.3, 0.4) is 0 Å². The number of amides is 1. The minimum absolute atomic E-state index is 0.0548. The van der Waals surface area contributed by atoms with Gasteiger partial charge >= 0.3 is 0 Å². The SMILES string of the molecule is CCC(CC)(OC)C1=NC(C)(C)C(=O)N1. The fourth-order valence-electron chi connectivity index (χ4n) is 1.80. The Morgan fingerprint density at radius 2 is 1.93 bits per heavy atom. The summed E-state index contributed by atoms with van der Waals surface area (Å²) in [6.07, 6.45) is 1.60. The number of carbonyl (C=O) groups excluding carboxylic acids is 1. The van der Waals surface area contributed by atoms with Crippen molar-refractivity contribution in [3.05, 3.63) is 0 Å². The minimum Gasteiger partial charge on any atom is -0.370 e. The minimum atomic E-state index is -0.663. The van der Waals surface area contributed by atoms with Gasteiger partial charge in [0.25, 0.3) is 5.91 Å². The van der Waals surface area contributed by atoms with Crippen LogP contribution in [0.1, 0.15) is 40.5 Å². The molecular formula is C11H20N2O2. The molecule has 1 heterocycles. The van der Waals surface area contributed by atoms with Crippen LogP contribution >= 0.6 is 0 Å². The highest BCUT2D eigenvalue weighted by molar-refractivity contribution is 6.11. The summed E-state index contributed by atoms with van der Waals surface area (Å²) in [4.78, 5) is 16.0. The molecule has 1 aliphatic heterocycles. The van der Waals surface area contributed by atoms with Crippen LogP contribution in [-0.4, -0.2) is 30.0 Å². The summed E-state index contributed by atoms with van der Waals surface area (Å²) in [5.41, 5.74) is -1.10. The van der Waals surface area contributed by atoms with E-state index in [-0.39, 0.29) is 5.91 Å². The van der Waals surface area contributed by atoms with E-state index in [0.717, 1.165) is 12.8 Å². The number of hydrogen-bond donors (Lipinski definition) is 1. The Labute approximate surface area is 91.1 Å². The molecule has 0 aromatic rings. The van der Waals surface area contributed by atoms with Gasteiger partial charge < -0.3 is 10.1 Å². The van der Waals surface area contributed by atoms with Gasteiger partial charge in [0.15, 0.2) is 0 Å². The van der Waals surface area contributed by atoms with E-state index in [2.05, 4.69) is 10.3 Å². The first-order valence-corrected chi connectivity index (χ1v) is 5.39. The summed E-state index contributed by atoms with van der Waals surface area (Å²) in [6.45, 7) is 7.68. The van der Waals surface area contributed by atoms with E-state index in [0.29, 0.717) is 5.84 Å². The highest BCUT2D eigenvalue weighted by Gasteiger charge is 2.43. The molecule has 1 rings (SSSR count). The monoisotopic (exact) mass is 212 g/mol. The predicted molar refractivity (Wildman–Crippen MR) is 60.0 cm³/mol. The van der Waals surface area contributed by atoms with Gasteiger partial charge in [-0.25, -0.2) is 0 Å². The number of nitrogens with one attached hydrogen (secondary N) is 1. The molecule has 0 radical (unpaired) electrons. The molecule has 0 aromatic carbocycles. The lowest BCUT2D eigenvalue weighted by Gasteiger charge is -2.29. The predicted octanol–water partition coefficient (Wildman–Crippen LogP) is 1.50. The first-order chi connectivity index (χ1) is 6.91. The zero-order valence-corrected chi connectivity index (χ0v) is 10.2. The third-order valence-electron chi connectivity index (χ3n) is 3.14. The Balaban J connectivity index is 3.03. The van der Waals surface area contributed by atoms with Crippen molar-refractivity contribution < 1.29 is 9.53 Å². The zero-order valence-electron chi connectivity index (χ0n) is 10.2. The zero-order chi connectivity index (χ0) is 11.7. The summed E-state index contributed by atoms with van der Waals surface area (Å²) < 4.78 is 5.52. The van der Waals surface area contributed by atoms with Crippen LogP contribution < -0.4 is 5.32 Å². The van der Waals surface area contributed by atoms with Crippen LogP contribution in [0.5, 0.6) is 0 Å². The van der Waals surface area contributed by atoms with Gasteiger partial charge in [-0.2, -0.15) is 0 Å². The Bertz CT molecular complexity index is 283. The second-order valence-corrected chi connectivity index (χ2v) is 4.38. The third kappa shape index (κ3) is 1.91. The molecular weight excluding hydrogens is 192 g/mol. The van der Waals surface area contributed by atoms with Gasteiger partial charge in [-0.05, 0) is 26.7 Å². The molecule has 4 heteroatoms. The summed E-state index contributed by atoms with van der Waals surface area (Å²) in [7, 11) is 1.66. The molecule has 0 unspecified atom stereocenters. The summed E-state index contributed by atoms with van der Waals surface area (Å²) in [5.74, 6) is 0.617. The Hall–Kier alpha value is -0.900. The first-order valence-electron chi connectivity index (χ1n) is 5.39. The summed E-state index contributed by atoms with van der Waals surface area (Å²) >= 11 is 0. The van der Waals surface area contributed by atoms with E-state index in [4.69, 9.17) is 4.74 Å². The van der Waals surface area contributed by atoms with Gasteiger partial charge in [0.2, 0.25) is 0 Å². The maximum Gasteiger partial charge on any atom is 0.252 e. The highest BCUT2D eigenvalue weighted by Crippen LogP contribution is 2.26. The van der Waals surface area contributed by atoms with E-state index in [1.807, 2.05) is 13.8 Å². The molecule has 1 amide bonds. The number of carbonyl (C=O) groups is 1. The van der Waals surface area contributed by atoms with Crippen molar-refractivity contribution in [1.29, 1.82) is 0 Å². The number of nitrogens with zero attached hydrogens (tertiary/aromatic N) is 1. The van der Waals surface area contributed by atoms with Crippen LogP contribution in [0.2, 0.25) is 0 Å². The fraction of sp³-hybridized carbons (Fsp3) is 0.818. The van der Waals surface area contributed by atoms with Crippen molar-refractivity contribution in [3.8, 4) is 0 Å². The van der Waals surface area contributed by atoms with E-state index < -0.39 is 11.1 Å². The quantitative estimate of drug-likeness (QED) is 0.767. The lowest BCUT2D eigenvalue weighted by atomic mass is 9.95. The topological polar surface area (TPSA) is 50.7 Å². The van der Waals surface area contributed by atoms with Crippen LogP contribution in [0, 0.1) is 0 Å². The van der Waals surface area contributed by atoms with Crippen molar-refractivity contribution in [3.63, 3.8) is 0 Å². The lowest BCUT2D eigenvalue weighted by molar-refractivity contribution is -0.122. The van der Waals surface area contributed by atoms with Crippen molar-refractivity contribution in [2.24, 2.45) is 4.99 Å². The molecule has 0 bridgehead atoms. The van der Waals surface area contributed by atoms with Crippen LogP contribution in [0.4, 0.5) is 0 Å². The number of methoxy groups -OCH3 is 1. The highest BCUT2D eigenvalue weighted by atomic mass is 16.5. The standard InChI is InChI=1S/C11H20N2O2/c1-6-11(7-2,15-5)8-12-9(14)10(3,4)13-8/h6-7H2,1-5H3,(H,12,13,14). The van der Waals surface area contributed by atoms with Gasteiger partial charge in [-0.15, -0.1) is 0 Å². The number of rotatable bonds is 4. The molecule has 0 saturated carbocycles. The summed E-state index contributed by atoms with van der Waals surface area (Å²) in [6, 6.07) is 0. The number of ether oxygens (including phenoxy) is 1. The largest absolute Gasteiger partial charge is 0.370 e. The second-order valence-electron chi connectivity index (χ2n) is 4.38. The molecule has 4 nitrogen and oxygen atoms in total. The third-order valence-corrected chi connectivity index (χ3v) is 3.14. The van der Waals surface area contributed by atoms with Gasteiger partial charge in [0, 0.05) is 7.11 Å². The smallest absolute Gasteiger partial charge is 0.252 e. The normalized spacial score (nSPS) is 20.1. The maximum absolute atomic E-state index is 11.6. The number of amidine groups is 1. The summed E-state index contributed by atoms with van der Waals surface area (Å²) in [5, 5.41) is 2.82. The molecule has 86 valence electrons. The molecule has 0 aromatic heterocycles. The van der Waals surface area contributed by atoms with E-state index in [1.54, 1.807) is 21.0 Å². The van der Waals surface area contributed by atoms with Crippen LogP contribution in [0.25, 0.3) is 0 Å². The fourth-order valence-corrected chi connectivity index (χ4v) is 1.80. The molecule has 1 N–H and O–H groups in total. The van der Waals surface area contributed by atoms with Gasteiger partial charge in [0.05, 0.1) is 0 Å². The lowest BCUT2D eigenvalue weighted by Crippen LogP contribution is -2.47. The Morgan fingerprint density at radius 1 is 1.40 bits per heavy atom.